The lowest BCUT2D eigenvalue weighted by atomic mass is 9.81. The van der Waals surface area contributed by atoms with Crippen molar-refractivity contribution < 1.29 is 41.0 Å². The molecule has 3 atom stereocenters. The normalized spacial score (nSPS) is 30.5. The maximum absolute atomic E-state index is 12.8. The number of halogens is 6. The molecule has 2 aliphatic carbocycles. The van der Waals surface area contributed by atoms with Crippen molar-refractivity contribution in [2.75, 3.05) is 0 Å². The number of hydrogen-bond acceptors (Lipinski definition) is 3. The van der Waals surface area contributed by atoms with E-state index in [4.69, 9.17) is 4.74 Å². The Morgan fingerprint density at radius 1 is 1.21 bits per heavy atom. The fourth-order valence-corrected chi connectivity index (χ4v) is 3.92. The van der Waals surface area contributed by atoms with Crippen molar-refractivity contribution in [3.8, 4) is 0 Å². The Kier molecular flexibility index (Phi) is 4.48. The van der Waals surface area contributed by atoms with Crippen LogP contribution in [0.15, 0.2) is 12.2 Å². The number of ether oxygens (including phenoxy) is 1. The van der Waals surface area contributed by atoms with Gasteiger partial charge in [-0.15, -0.1) is 0 Å². The van der Waals surface area contributed by atoms with E-state index in [0.717, 1.165) is 12.8 Å². The van der Waals surface area contributed by atoms with Gasteiger partial charge in [-0.05, 0) is 43.9 Å². The van der Waals surface area contributed by atoms with Crippen LogP contribution in [0.25, 0.3) is 0 Å². The van der Waals surface area contributed by atoms with Gasteiger partial charge < -0.3 is 9.84 Å². The predicted molar refractivity (Wildman–Crippen MR) is 70.8 cm³/mol. The highest BCUT2D eigenvalue weighted by Gasteiger charge is 2.73. The quantitative estimate of drug-likeness (QED) is 0.470. The Hall–Kier alpha value is -1.25. The van der Waals surface area contributed by atoms with E-state index in [1.165, 1.54) is 0 Å². The molecular formula is C15H18F6O3. The molecule has 0 amide bonds. The van der Waals surface area contributed by atoms with E-state index < -0.39 is 35.1 Å². The summed E-state index contributed by atoms with van der Waals surface area (Å²) in [5, 5.41) is 9.24. The zero-order valence-electron chi connectivity index (χ0n) is 12.9. The highest BCUT2D eigenvalue weighted by molar-refractivity contribution is 5.91. The minimum absolute atomic E-state index is 0.0888. The summed E-state index contributed by atoms with van der Waals surface area (Å²) in [6, 6.07) is 0. The monoisotopic (exact) mass is 360 g/mol. The molecule has 0 aromatic heterocycles. The molecule has 138 valence electrons. The first-order valence-corrected chi connectivity index (χ1v) is 7.57. The maximum atomic E-state index is 12.8. The molecule has 2 saturated carbocycles. The van der Waals surface area contributed by atoms with Crippen LogP contribution in [-0.2, 0) is 9.53 Å². The Morgan fingerprint density at radius 3 is 2.08 bits per heavy atom. The molecule has 0 heterocycles. The van der Waals surface area contributed by atoms with Gasteiger partial charge in [-0.3, -0.25) is 0 Å². The summed E-state index contributed by atoms with van der Waals surface area (Å²) in [7, 11) is 0. The average Bonchev–Trinajstić information content (AvgIpc) is 3.04. The van der Waals surface area contributed by atoms with Crippen molar-refractivity contribution in [1.82, 2.24) is 0 Å². The maximum Gasteiger partial charge on any atom is 0.430 e. The molecule has 0 radical (unpaired) electrons. The van der Waals surface area contributed by atoms with Gasteiger partial charge in [0, 0.05) is 0 Å². The standard InChI is InChI=1S/C15H18F6O3/c1-3-12(7-9-4-5-10(12)6-9)24-11(22)8(2)13(23,14(16,17)18)15(19,20)21/h9-10,23H,2-7H2,1H3. The van der Waals surface area contributed by atoms with Crippen molar-refractivity contribution in [2.45, 2.75) is 62.6 Å². The Morgan fingerprint density at radius 2 is 1.75 bits per heavy atom. The first-order chi connectivity index (χ1) is 10.8. The molecule has 0 aliphatic heterocycles. The summed E-state index contributed by atoms with van der Waals surface area (Å²) < 4.78 is 82.0. The third-order valence-corrected chi connectivity index (χ3v) is 5.32. The largest absolute Gasteiger partial charge is 0.455 e. The van der Waals surface area contributed by atoms with Crippen LogP contribution in [0.5, 0.6) is 0 Å². The lowest BCUT2D eigenvalue weighted by Crippen LogP contribution is -2.60. The van der Waals surface area contributed by atoms with Crippen LogP contribution in [0.3, 0.4) is 0 Å². The summed E-state index contributed by atoms with van der Waals surface area (Å²) in [6.07, 6.45) is -9.25. The van der Waals surface area contributed by atoms with Crippen molar-refractivity contribution in [3.63, 3.8) is 0 Å². The molecule has 3 unspecified atom stereocenters. The molecular weight excluding hydrogens is 342 g/mol. The second kappa shape index (κ2) is 5.64. The Bertz CT molecular complexity index is 524. The van der Waals surface area contributed by atoms with Gasteiger partial charge in [-0.1, -0.05) is 13.5 Å². The second-order valence-electron chi connectivity index (χ2n) is 6.57. The fourth-order valence-electron chi connectivity index (χ4n) is 3.92. The van der Waals surface area contributed by atoms with Crippen molar-refractivity contribution in [1.29, 1.82) is 0 Å². The number of aliphatic hydroxyl groups is 1. The number of rotatable bonds is 4. The van der Waals surface area contributed by atoms with Gasteiger partial charge in [-0.2, -0.15) is 26.3 Å². The smallest absolute Gasteiger partial charge is 0.430 e. The number of hydrogen-bond donors (Lipinski definition) is 1. The van der Waals surface area contributed by atoms with Crippen LogP contribution in [0.2, 0.25) is 0 Å². The summed E-state index contributed by atoms with van der Waals surface area (Å²) >= 11 is 0. The van der Waals surface area contributed by atoms with Crippen LogP contribution in [0.1, 0.15) is 39.0 Å². The minimum atomic E-state index is -6.14. The fraction of sp³-hybridized carbons (Fsp3) is 0.800. The van der Waals surface area contributed by atoms with Crippen LogP contribution < -0.4 is 0 Å². The summed E-state index contributed by atoms with van der Waals surface area (Å²) in [4.78, 5) is 12.0. The zero-order valence-corrected chi connectivity index (χ0v) is 12.9. The van der Waals surface area contributed by atoms with E-state index in [2.05, 4.69) is 6.58 Å². The zero-order chi connectivity index (χ0) is 18.6. The molecule has 0 saturated heterocycles. The van der Waals surface area contributed by atoms with E-state index in [1.54, 1.807) is 6.92 Å². The van der Waals surface area contributed by atoms with Gasteiger partial charge in [0.05, 0.1) is 5.57 Å². The lowest BCUT2D eigenvalue weighted by molar-refractivity contribution is -0.352. The van der Waals surface area contributed by atoms with E-state index in [-0.39, 0.29) is 18.3 Å². The predicted octanol–water partition coefficient (Wildman–Crippen LogP) is 3.91. The first-order valence-electron chi connectivity index (χ1n) is 7.57. The number of alkyl halides is 6. The molecule has 3 nitrogen and oxygen atoms in total. The van der Waals surface area contributed by atoms with E-state index in [0.29, 0.717) is 12.8 Å². The van der Waals surface area contributed by atoms with Crippen molar-refractivity contribution >= 4 is 5.97 Å². The lowest BCUT2D eigenvalue weighted by Gasteiger charge is -2.39. The van der Waals surface area contributed by atoms with Gasteiger partial charge in [-0.25, -0.2) is 4.79 Å². The number of fused-ring (bicyclic) bond motifs is 2. The van der Waals surface area contributed by atoms with Crippen molar-refractivity contribution in [3.05, 3.63) is 12.2 Å². The number of carbonyl (C=O) groups is 1. The molecule has 2 bridgehead atoms. The van der Waals surface area contributed by atoms with Gasteiger partial charge in [0.25, 0.3) is 5.60 Å². The van der Waals surface area contributed by atoms with Crippen molar-refractivity contribution in [2.24, 2.45) is 11.8 Å². The van der Waals surface area contributed by atoms with Crippen LogP contribution in [0.4, 0.5) is 26.3 Å². The molecule has 24 heavy (non-hydrogen) atoms. The molecule has 2 rings (SSSR count). The summed E-state index contributed by atoms with van der Waals surface area (Å²) in [6.45, 7) is 4.23. The molecule has 1 N–H and O–H groups in total. The highest BCUT2D eigenvalue weighted by Crippen LogP contribution is 2.55. The van der Waals surface area contributed by atoms with Crippen LogP contribution >= 0.6 is 0 Å². The Labute approximate surface area is 134 Å². The summed E-state index contributed by atoms with van der Waals surface area (Å²) in [5.41, 5.74) is -8.47. The van der Waals surface area contributed by atoms with Gasteiger partial charge >= 0.3 is 18.3 Å². The molecule has 2 fully saturated rings. The number of carbonyl (C=O) groups excluding carboxylic acids is 1. The van der Waals surface area contributed by atoms with E-state index in [1.807, 2.05) is 0 Å². The third-order valence-electron chi connectivity index (χ3n) is 5.32. The summed E-state index contributed by atoms with van der Waals surface area (Å²) in [5.74, 6) is -1.70. The Balaban J connectivity index is 2.27. The molecule has 9 heteroatoms. The van der Waals surface area contributed by atoms with Crippen LogP contribution in [0, 0.1) is 11.8 Å². The third kappa shape index (κ3) is 2.70. The van der Waals surface area contributed by atoms with Gasteiger partial charge in [0.1, 0.15) is 5.60 Å². The molecule has 0 spiro atoms. The van der Waals surface area contributed by atoms with Crippen LogP contribution in [-0.4, -0.2) is 34.6 Å². The topological polar surface area (TPSA) is 46.5 Å². The SMILES string of the molecule is C=C(C(=O)OC1(CC)CC2CCC1C2)C(O)(C(F)(F)F)C(F)(F)F. The number of esters is 1. The highest BCUT2D eigenvalue weighted by atomic mass is 19.4. The van der Waals surface area contributed by atoms with Gasteiger partial charge in [0.15, 0.2) is 0 Å². The van der Waals surface area contributed by atoms with Gasteiger partial charge in [0.2, 0.25) is 0 Å². The van der Waals surface area contributed by atoms with E-state index in [9.17, 15) is 36.2 Å². The molecule has 0 aromatic rings. The van der Waals surface area contributed by atoms with E-state index >= 15 is 0 Å². The molecule has 0 aromatic carbocycles. The average molecular weight is 360 g/mol. The first kappa shape index (κ1) is 19.1. The minimum Gasteiger partial charge on any atom is -0.455 e. The second-order valence-corrected chi connectivity index (χ2v) is 6.57. The molecule has 2 aliphatic rings.